The van der Waals surface area contributed by atoms with Crippen molar-refractivity contribution in [1.29, 1.82) is 0 Å². The van der Waals surface area contributed by atoms with Gasteiger partial charge < -0.3 is 14.2 Å². The molecule has 0 bridgehead atoms. The van der Waals surface area contributed by atoms with Gasteiger partial charge in [0.2, 0.25) is 0 Å². The largest absolute Gasteiger partial charge is 0.493 e. The molecule has 0 aliphatic rings. The van der Waals surface area contributed by atoms with Gasteiger partial charge in [0, 0.05) is 31.9 Å². The molecule has 1 rings (SSSR count). The van der Waals surface area contributed by atoms with E-state index in [1.807, 2.05) is 6.92 Å². The molecular weight excluding hydrogens is 222 g/mol. The molecule has 94 valence electrons. The van der Waals surface area contributed by atoms with Gasteiger partial charge in [-0.2, -0.15) is 0 Å². The van der Waals surface area contributed by atoms with Crippen LogP contribution in [0.1, 0.15) is 17.7 Å². The third-order valence-electron chi connectivity index (χ3n) is 2.30. The van der Waals surface area contributed by atoms with Crippen molar-refractivity contribution in [1.82, 2.24) is 4.98 Å². The third kappa shape index (κ3) is 4.40. The smallest absolute Gasteiger partial charge is 0.293 e. The number of hydrogen-bond acceptors (Lipinski definition) is 5. The maximum absolute atomic E-state index is 10.1. The van der Waals surface area contributed by atoms with E-state index in [2.05, 4.69) is 9.72 Å². The summed E-state index contributed by atoms with van der Waals surface area (Å²) in [5.74, 6) is 0.764. The molecule has 5 heteroatoms. The van der Waals surface area contributed by atoms with Gasteiger partial charge in [0.25, 0.3) is 6.47 Å². The molecule has 0 fully saturated rings. The van der Waals surface area contributed by atoms with E-state index in [0.29, 0.717) is 25.4 Å². The van der Waals surface area contributed by atoms with Crippen LogP contribution in [-0.2, 0) is 20.9 Å². The average Bonchev–Trinajstić information content (AvgIpc) is 2.35. The normalized spacial score (nSPS) is 10.0. The molecule has 0 amide bonds. The van der Waals surface area contributed by atoms with E-state index in [1.54, 1.807) is 19.4 Å². The van der Waals surface area contributed by atoms with Crippen molar-refractivity contribution < 1.29 is 19.0 Å². The number of methoxy groups -OCH3 is 1. The first-order valence-electron chi connectivity index (χ1n) is 5.41. The summed E-state index contributed by atoms with van der Waals surface area (Å²) in [6, 6.07) is 1.80. The van der Waals surface area contributed by atoms with E-state index in [9.17, 15) is 4.79 Å². The molecule has 0 saturated carbocycles. The number of hydrogen-bond donors (Lipinski definition) is 0. The van der Waals surface area contributed by atoms with Crippen molar-refractivity contribution in [3.63, 3.8) is 0 Å². The molecule has 0 aromatic carbocycles. The molecule has 1 heterocycles. The Morgan fingerprint density at radius 2 is 2.24 bits per heavy atom. The Balaban J connectivity index is 2.56. The van der Waals surface area contributed by atoms with Crippen molar-refractivity contribution in [3.8, 4) is 5.75 Å². The lowest BCUT2D eigenvalue weighted by Crippen LogP contribution is -2.05. The summed E-state index contributed by atoms with van der Waals surface area (Å²) < 4.78 is 15.2. The Kier molecular flexibility index (Phi) is 6.03. The summed E-state index contributed by atoms with van der Waals surface area (Å²) in [5.41, 5.74) is 1.60. The highest BCUT2D eigenvalue weighted by molar-refractivity contribution is 5.39. The Labute approximate surface area is 101 Å². The highest BCUT2D eigenvalue weighted by atomic mass is 16.5. The Hall–Kier alpha value is -1.62. The monoisotopic (exact) mass is 239 g/mol. The molecule has 0 aliphatic heterocycles. The minimum atomic E-state index is 0.171. The van der Waals surface area contributed by atoms with Crippen LogP contribution in [0.4, 0.5) is 0 Å². The van der Waals surface area contributed by atoms with Crippen LogP contribution >= 0.6 is 0 Å². The second kappa shape index (κ2) is 7.62. The SMILES string of the molecule is COCCCOc1ccnc(COC=O)c1C. The second-order valence-electron chi connectivity index (χ2n) is 3.48. The predicted molar refractivity (Wildman–Crippen MR) is 61.8 cm³/mol. The highest BCUT2D eigenvalue weighted by Gasteiger charge is 2.06. The zero-order chi connectivity index (χ0) is 12.5. The van der Waals surface area contributed by atoms with E-state index in [-0.39, 0.29) is 6.61 Å². The number of ether oxygens (including phenoxy) is 3. The standard InChI is InChI=1S/C12H17NO4/c1-10-11(8-16-9-14)13-5-4-12(10)17-7-3-6-15-2/h4-5,9H,3,6-8H2,1-2H3. The van der Waals surface area contributed by atoms with Crippen LogP contribution in [-0.4, -0.2) is 31.8 Å². The number of carbonyl (C=O) groups is 1. The average molecular weight is 239 g/mol. The van der Waals surface area contributed by atoms with Gasteiger partial charge in [-0.1, -0.05) is 0 Å². The number of pyridine rings is 1. The molecular formula is C12H17NO4. The van der Waals surface area contributed by atoms with Crippen molar-refractivity contribution in [3.05, 3.63) is 23.5 Å². The van der Waals surface area contributed by atoms with Crippen LogP contribution in [0.2, 0.25) is 0 Å². The van der Waals surface area contributed by atoms with E-state index < -0.39 is 0 Å². The summed E-state index contributed by atoms with van der Waals surface area (Å²) in [5, 5.41) is 0. The predicted octanol–water partition coefficient (Wildman–Crippen LogP) is 1.48. The second-order valence-corrected chi connectivity index (χ2v) is 3.48. The van der Waals surface area contributed by atoms with Gasteiger partial charge in [-0.25, -0.2) is 0 Å². The van der Waals surface area contributed by atoms with E-state index in [4.69, 9.17) is 9.47 Å². The molecule has 0 spiro atoms. The summed E-state index contributed by atoms with van der Waals surface area (Å²) in [6.07, 6.45) is 2.47. The van der Waals surface area contributed by atoms with Gasteiger partial charge in [0.15, 0.2) is 0 Å². The topological polar surface area (TPSA) is 57.6 Å². The first kappa shape index (κ1) is 13.4. The zero-order valence-corrected chi connectivity index (χ0v) is 10.1. The van der Waals surface area contributed by atoms with Gasteiger partial charge in [0.1, 0.15) is 12.4 Å². The number of nitrogens with zero attached hydrogens (tertiary/aromatic N) is 1. The lowest BCUT2D eigenvalue weighted by atomic mass is 10.2. The molecule has 0 N–H and O–H groups in total. The van der Waals surface area contributed by atoms with E-state index >= 15 is 0 Å². The molecule has 1 aromatic heterocycles. The van der Waals surface area contributed by atoms with Crippen LogP contribution in [0.15, 0.2) is 12.3 Å². The fraction of sp³-hybridized carbons (Fsp3) is 0.500. The van der Waals surface area contributed by atoms with E-state index in [1.165, 1.54) is 0 Å². The van der Waals surface area contributed by atoms with Crippen LogP contribution in [0.5, 0.6) is 5.75 Å². The fourth-order valence-corrected chi connectivity index (χ4v) is 1.36. The minimum absolute atomic E-state index is 0.171. The maximum Gasteiger partial charge on any atom is 0.293 e. The maximum atomic E-state index is 10.1. The van der Waals surface area contributed by atoms with Crippen molar-refractivity contribution in [2.45, 2.75) is 20.0 Å². The lowest BCUT2D eigenvalue weighted by Gasteiger charge is -2.11. The first-order chi connectivity index (χ1) is 8.29. The molecule has 1 aromatic rings. The van der Waals surface area contributed by atoms with Crippen LogP contribution < -0.4 is 4.74 Å². The van der Waals surface area contributed by atoms with Gasteiger partial charge >= 0.3 is 0 Å². The number of carbonyl (C=O) groups excluding carboxylic acids is 1. The molecule has 0 unspecified atom stereocenters. The van der Waals surface area contributed by atoms with Crippen LogP contribution in [0.25, 0.3) is 0 Å². The van der Waals surface area contributed by atoms with Crippen LogP contribution in [0.3, 0.4) is 0 Å². The first-order valence-corrected chi connectivity index (χ1v) is 5.41. The van der Waals surface area contributed by atoms with Gasteiger partial charge in [-0.3, -0.25) is 9.78 Å². The molecule has 0 atom stereocenters. The molecule has 17 heavy (non-hydrogen) atoms. The van der Waals surface area contributed by atoms with Crippen molar-refractivity contribution in [2.75, 3.05) is 20.3 Å². The van der Waals surface area contributed by atoms with Crippen molar-refractivity contribution in [2.24, 2.45) is 0 Å². The van der Waals surface area contributed by atoms with Gasteiger partial charge in [-0.15, -0.1) is 0 Å². The number of aromatic nitrogens is 1. The van der Waals surface area contributed by atoms with E-state index in [0.717, 1.165) is 17.7 Å². The third-order valence-corrected chi connectivity index (χ3v) is 2.30. The summed E-state index contributed by atoms with van der Waals surface area (Å²) >= 11 is 0. The Morgan fingerprint density at radius 3 is 2.94 bits per heavy atom. The zero-order valence-electron chi connectivity index (χ0n) is 10.1. The van der Waals surface area contributed by atoms with Gasteiger partial charge in [-0.05, 0) is 13.0 Å². The lowest BCUT2D eigenvalue weighted by molar-refractivity contribution is -0.129. The van der Waals surface area contributed by atoms with Crippen molar-refractivity contribution >= 4 is 6.47 Å². The molecule has 0 aliphatic carbocycles. The number of rotatable bonds is 8. The highest BCUT2D eigenvalue weighted by Crippen LogP contribution is 2.20. The van der Waals surface area contributed by atoms with Crippen LogP contribution in [0, 0.1) is 6.92 Å². The molecule has 0 saturated heterocycles. The molecule has 0 radical (unpaired) electrons. The Morgan fingerprint density at radius 1 is 1.41 bits per heavy atom. The summed E-state index contributed by atoms with van der Waals surface area (Å²) in [7, 11) is 1.66. The minimum Gasteiger partial charge on any atom is -0.493 e. The summed E-state index contributed by atoms with van der Waals surface area (Å²) in [4.78, 5) is 14.3. The fourth-order valence-electron chi connectivity index (χ4n) is 1.36. The van der Waals surface area contributed by atoms with Gasteiger partial charge in [0.05, 0.1) is 12.3 Å². The quantitative estimate of drug-likeness (QED) is 0.508. The summed E-state index contributed by atoms with van der Waals surface area (Å²) in [6.45, 7) is 3.73. The molecule has 5 nitrogen and oxygen atoms in total. The Bertz CT molecular complexity index is 354.